The molecule has 0 aliphatic carbocycles. The number of alkyl halides is 3. The van der Waals surface area contributed by atoms with Gasteiger partial charge in [0.2, 0.25) is 10.5 Å². The van der Waals surface area contributed by atoms with E-state index in [1.807, 2.05) is 0 Å². The van der Waals surface area contributed by atoms with E-state index in [0.29, 0.717) is 6.42 Å². The van der Waals surface area contributed by atoms with Crippen molar-refractivity contribution in [3.63, 3.8) is 0 Å². The van der Waals surface area contributed by atoms with Gasteiger partial charge in [0.15, 0.2) is 4.30 Å². The quantitative estimate of drug-likeness (QED) is 0.584. The molecule has 0 bridgehead atoms. The summed E-state index contributed by atoms with van der Waals surface area (Å²) in [6.45, 7) is 0. The maximum atomic E-state index is 10.0. The van der Waals surface area contributed by atoms with Crippen molar-refractivity contribution in [2.75, 3.05) is 0 Å². The van der Waals surface area contributed by atoms with Gasteiger partial charge in [0.1, 0.15) is 0 Å². The van der Waals surface area contributed by atoms with Crippen LogP contribution in [0.5, 0.6) is 0 Å². The highest BCUT2D eigenvalue weighted by molar-refractivity contribution is 6.64. The minimum Gasteiger partial charge on any atom is -0.281 e. The van der Waals surface area contributed by atoms with Gasteiger partial charge in [0, 0.05) is 12.8 Å². The minimum atomic E-state index is -0.750. The highest BCUT2D eigenvalue weighted by Crippen LogP contribution is 2.03. The molecule has 0 saturated carbocycles. The lowest BCUT2D eigenvalue weighted by atomic mass is 10.3. The number of rotatable bonds is 4. The number of hydrogen-bond donors (Lipinski definition) is 0. The second kappa shape index (κ2) is 10.9. The molecule has 0 heterocycles. The lowest BCUT2D eigenvalue weighted by Gasteiger charge is -1.87. The van der Waals surface area contributed by atoms with Crippen LogP contribution < -0.4 is 0 Å². The average molecular weight is 288 g/mol. The second-order valence-corrected chi connectivity index (χ2v) is 4.63. The van der Waals surface area contributed by atoms with Crippen molar-refractivity contribution < 1.29 is 9.59 Å². The van der Waals surface area contributed by atoms with Crippen molar-refractivity contribution in [3.8, 4) is 0 Å². The Morgan fingerprint density at radius 2 is 1.15 bits per heavy atom. The lowest BCUT2D eigenvalue weighted by Crippen LogP contribution is -1.89. The van der Waals surface area contributed by atoms with Gasteiger partial charge in [-0.05, 0) is 29.6 Å². The third-order valence-corrected chi connectivity index (χ3v) is 1.12. The van der Waals surface area contributed by atoms with Crippen LogP contribution in [-0.2, 0) is 9.59 Å². The maximum absolute atomic E-state index is 10.0. The summed E-state index contributed by atoms with van der Waals surface area (Å²) in [6.07, 6.45) is 0.894. The van der Waals surface area contributed by atoms with Gasteiger partial charge in [-0.3, -0.25) is 9.59 Å². The fourth-order valence-electron chi connectivity index (χ4n) is 0.366. The molecular weight excluding hydrogens is 281 g/mol. The molecule has 0 rings (SSSR count). The van der Waals surface area contributed by atoms with Crippen LogP contribution in [0.2, 0.25) is 0 Å². The molecule has 0 aromatic heterocycles. The molecule has 0 saturated heterocycles. The highest BCUT2D eigenvalue weighted by Gasteiger charge is 1.98. The molecule has 0 aromatic carbocycles. The first-order valence-electron chi connectivity index (χ1n) is 3.15. The molecule has 0 N–H and O–H groups in total. The van der Waals surface area contributed by atoms with Crippen LogP contribution in [0, 0.1) is 0 Å². The molecule has 0 fully saturated rings. The van der Waals surface area contributed by atoms with Crippen LogP contribution >= 0.6 is 58.0 Å². The largest absolute Gasteiger partial charge is 0.281 e. The summed E-state index contributed by atoms with van der Waals surface area (Å²) in [5, 5.41) is -0.846. The van der Waals surface area contributed by atoms with E-state index in [9.17, 15) is 9.59 Å². The molecule has 0 aromatic rings. The van der Waals surface area contributed by atoms with E-state index in [1.54, 1.807) is 0 Å². The molecule has 0 atom stereocenters. The van der Waals surface area contributed by atoms with Gasteiger partial charge in [-0.15, -0.1) is 0 Å². The Kier molecular flexibility index (Phi) is 13.6. The molecule has 0 radical (unpaired) electrons. The van der Waals surface area contributed by atoms with Crippen LogP contribution in [-0.4, -0.2) is 14.8 Å². The molecule has 0 aliphatic heterocycles. The number of carbonyl (C=O) groups is 2. The standard InChI is InChI=1S/C5H6Cl2O2.CHCl3/c6-4(8)2-1-3-5(7)9;2-1(3)4/h1-3H2;1H. The minimum absolute atomic E-state index is 0.222. The molecule has 13 heavy (non-hydrogen) atoms. The molecule has 0 aliphatic rings. The predicted molar refractivity (Wildman–Crippen MR) is 56.9 cm³/mol. The van der Waals surface area contributed by atoms with Gasteiger partial charge in [-0.2, -0.15) is 0 Å². The van der Waals surface area contributed by atoms with Crippen molar-refractivity contribution in [1.29, 1.82) is 0 Å². The van der Waals surface area contributed by atoms with Crippen molar-refractivity contribution in [2.45, 2.75) is 23.6 Å². The topological polar surface area (TPSA) is 34.1 Å². The maximum Gasteiger partial charge on any atom is 0.221 e. The third kappa shape index (κ3) is 32.3. The van der Waals surface area contributed by atoms with Crippen LogP contribution in [0.3, 0.4) is 0 Å². The number of hydrogen-bond acceptors (Lipinski definition) is 2. The SMILES string of the molecule is ClC(Cl)Cl.O=C(Cl)CCCC(=O)Cl. The first-order valence-corrected chi connectivity index (χ1v) is 5.21. The molecule has 0 amide bonds. The van der Waals surface area contributed by atoms with Crippen molar-refractivity contribution in [3.05, 3.63) is 0 Å². The summed E-state index contributed by atoms with van der Waals surface area (Å²) in [4.78, 5) is 20.1. The van der Waals surface area contributed by atoms with E-state index >= 15 is 0 Å². The average Bonchev–Trinajstić information content (AvgIpc) is 1.83. The first kappa shape index (κ1) is 16.2. The van der Waals surface area contributed by atoms with Crippen molar-refractivity contribution >= 4 is 68.5 Å². The molecular formula is C6H7Cl5O2. The Hall–Kier alpha value is 0.790. The second-order valence-electron chi connectivity index (χ2n) is 1.81. The van der Waals surface area contributed by atoms with E-state index in [2.05, 4.69) is 0 Å². The Labute approximate surface area is 101 Å². The van der Waals surface area contributed by atoms with Gasteiger partial charge in [0.25, 0.3) is 0 Å². The Bertz CT molecular complexity index is 142. The Morgan fingerprint density at radius 1 is 0.923 bits per heavy atom. The zero-order valence-corrected chi connectivity index (χ0v) is 10.2. The van der Waals surface area contributed by atoms with Crippen molar-refractivity contribution in [2.24, 2.45) is 0 Å². The van der Waals surface area contributed by atoms with E-state index in [-0.39, 0.29) is 12.8 Å². The lowest BCUT2D eigenvalue weighted by molar-refractivity contribution is -0.112. The fourth-order valence-corrected chi connectivity index (χ4v) is 0.634. The van der Waals surface area contributed by atoms with Crippen molar-refractivity contribution in [1.82, 2.24) is 0 Å². The summed E-state index contributed by atoms with van der Waals surface area (Å²) in [7, 11) is 0. The Morgan fingerprint density at radius 3 is 1.31 bits per heavy atom. The highest BCUT2D eigenvalue weighted by atomic mass is 35.6. The summed E-state index contributed by atoms with van der Waals surface area (Å²) >= 11 is 24.4. The zero-order valence-electron chi connectivity index (χ0n) is 6.40. The zero-order chi connectivity index (χ0) is 10.9. The monoisotopic (exact) mass is 286 g/mol. The van der Waals surface area contributed by atoms with E-state index in [1.165, 1.54) is 0 Å². The normalized spacial score (nSPS) is 9.08. The van der Waals surface area contributed by atoms with E-state index in [0.717, 1.165) is 0 Å². The molecule has 0 unspecified atom stereocenters. The van der Waals surface area contributed by atoms with Gasteiger partial charge in [-0.1, -0.05) is 34.8 Å². The van der Waals surface area contributed by atoms with Crippen LogP contribution in [0.25, 0.3) is 0 Å². The summed E-state index contributed by atoms with van der Waals surface area (Å²) in [5.41, 5.74) is 0. The van der Waals surface area contributed by atoms with Gasteiger partial charge in [0.05, 0.1) is 0 Å². The van der Waals surface area contributed by atoms with Crippen LogP contribution in [0.4, 0.5) is 0 Å². The predicted octanol–water partition coefficient (Wildman–Crippen LogP) is 3.67. The fraction of sp³-hybridized carbons (Fsp3) is 0.667. The molecule has 2 nitrogen and oxygen atoms in total. The van der Waals surface area contributed by atoms with Crippen LogP contribution in [0.15, 0.2) is 0 Å². The van der Waals surface area contributed by atoms with Gasteiger partial charge >= 0.3 is 0 Å². The summed E-state index contributed by atoms with van der Waals surface area (Å²) < 4.78 is -0.750. The summed E-state index contributed by atoms with van der Waals surface area (Å²) in [5.74, 6) is 0. The third-order valence-electron chi connectivity index (χ3n) is 0.747. The molecule has 78 valence electrons. The molecule has 7 heteroatoms. The van der Waals surface area contributed by atoms with E-state index < -0.39 is 14.8 Å². The van der Waals surface area contributed by atoms with E-state index in [4.69, 9.17) is 58.0 Å². The number of carbonyl (C=O) groups excluding carboxylic acids is 2. The summed E-state index contributed by atoms with van der Waals surface area (Å²) in [6, 6.07) is 0. The van der Waals surface area contributed by atoms with Crippen LogP contribution in [0.1, 0.15) is 19.3 Å². The number of halogens is 5. The Balaban J connectivity index is 0. The smallest absolute Gasteiger partial charge is 0.221 e. The first-order chi connectivity index (χ1) is 5.86. The van der Waals surface area contributed by atoms with Gasteiger partial charge in [-0.25, -0.2) is 0 Å². The van der Waals surface area contributed by atoms with Gasteiger partial charge < -0.3 is 0 Å². The molecule has 0 spiro atoms.